The van der Waals surface area contributed by atoms with E-state index < -0.39 is 18.2 Å². The first-order valence-electron chi connectivity index (χ1n) is 22.6. The highest BCUT2D eigenvalue weighted by Crippen LogP contribution is 2.17. The molecule has 0 spiro atoms. The van der Waals surface area contributed by atoms with E-state index in [-0.39, 0.29) is 24.9 Å². The zero-order valence-corrected chi connectivity index (χ0v) is 35.3. The van der Waals surface area contributed by atoms with Gasteiger partial charge in [-0.15, -0.1) is 0 Å². The van der Waals surface area contributed by atoms with E-state index in [2.05, 4.69) is 74.7 Å². The molecule has 0 saturated heterocycles. The molecule has 54 heavy (non-hydrogen) atoms. The number of unbranched alkanes of at least 4 members (excludes halogenated alkanes) is 20. The molecule has 0 aromatic carbocycles. The van der Waals surface area contributed by atoms with Gasteiger partial charge in [-0.2, -0.15) is 0 Å². The Kier molecular flexibility index (Phi) is 39.8. The molecule has 0 aliphatic heterocycles. The van der Waals surface area contributed by atoms with Gasteiger partial charge in [-0.05, 0) is 70.6 Å². The lowest BCUT2D eigenvalue weighted by atomic mass is 10.0. The molecule has 0 bridgehead atoms. The van der Waals surface area contributed by atoms with Gasteiger partial charge in [0, 0.05) is 6.42 Å². The minimum atomic E-state index is -0.797. The zero-order valence-electron chi connectivity index (χ0n) is 35.3. The number of rotatable bonds is 39. The summed E-state index contributed by atoms with van der Waals surface area (Å²) in [5.41, 5.74) is 0. The van der Waals surface area contributed by atoms with Crippen LogP contribution < -0.4 is 5.32 Å². The molecule has 1 amide bonds. The summed E-state index contributed by atoms with van der Waals surface area (Å²) in [6.45, 7) is 6.26. The van der Waals surface area contributed by atoms with Crippen LogP contribution in [0.5, 0.6) is 0 Å². The Morgan fingerprint density at radius 3 is 1.57 bits per heavy atom. The largest absolute Gasteiger partial charge is 0.462 e. The van der Waals surface area contributed by atoms with E-state index in [1.165, 1.54) is 83.5 Å². The molecule has 6 heteroatoms. The third kappa shape index (κ3) is 36.5. The average Bonchev–Trinajstić information content (AvgIpc) is 3.16. The maximum Gasteiger partial charge on any atom is 0.306 e. The Labute approximate surface area is 333 Å². The van der Waals surface area contributed by atoms with Crippen molar-refractivity contribution in [3.8, 4) is 0 Å². The molecule has 312 valence electrons. The first kappa shape index (κ1) is 51.6. The summed E-state index contributed by atoms with van der Waals surface area (Å²) in [5.74, 6) is -0.528. The molecule has 0 radical (unpaired) electrons. The van der Waals surface area contributed by atoms with Crippen molar-refractivity contribution < 1.29 is 24.5 Å². The van der Waals surface area contributed by atoms with Crippen LogP contribution in [0.15, 0.2) is 60.8 Å². The number of ether oxygens (including phenoxy) is 1. The van der Waals surface area contributed by atoms with Crippen molar-refractivity contribution in [3.63, 3.8) is 0 Å². The molecule has 3 N–H and O–H groups in total. The Morgan fingerprint density at radius 1 is 0.556 bits per heavy atom. The normalized spacial score (nSPS) is 13.9. The predicted molar refractivity (Wildman–Crippen MR) is 232 cm³/mol. The average molecular weight is 756 g/mol. The lowest BCUT2D eigenvalue weighted by molar-refractivity contribution is -0.151. The van der Waals surface area contributed by atoms with Crippen molar-refractivity contribution >= 4 is 11.9 Å². The van der Waals surface area contributed by atoms with Crippen molar-refractivity contribution in [2.45, 2.75) is 225 Å². The third-order valence-corrected chi connectivity index (χ3v) is 9.92. The van der Waals surface area contributed by atoms with Crippen molar-refractivity contribution in [1.82, 2.24) is 5.32 Å². The van der Waals surface area contributed by atoms with Crippen LogP contribution in [0.1, 0.15) is 207 Å². The zero-order chi connectivity index (χ0) is 39.6. The van der Waals surface area contributed by atoms with Gasteiger partial charge in [0.1, 0.15) is 6.10 Å². The Balaban J connectivity index is 4.64. The van der Waals surface area contributed by atoms with E-state index in [1.54, 1.807) is 0 Å². The summed E-state index contributed by atoms with van der Waals surface area (Å²) in [7, 11) is 0. The molecular formula is C48H85NO5. The second-order valence-corrected chi connectivity index (χ2v) is 15.2. The molecule has 0 aliphatic rings. The Morgan fingerprint density at radius 2 is 1.00 bits per heavy atom. The second-order valence-electron chi connectivity index (χ2n) is 15.2. The van der Waals surface area contributed by atoms with Crippen molar-refractivity contribution in [2.75, 3.05) is 6.61 Å². The summed E-state index contributed by atoms with van der Waals surface area (Å²) in [6.07, 6.45) is 50.0. The van der Waals surface area contributed by atoms with Crippen molar-refractivity contribution in [3.05, 3.63) is 60.8 Å². The van der Waals surface area contributed by atoms with Crippen molar-refractivity contribution in [2.24, 2.45) is 0 Å². The predicted octanol–water partition coefficient (Wildman–Crippen LogP) is 12.9. The third-order valence-electron chi connectivity index (χ3n) is 9.92. The van der Waals surface area contributed by atoms with E-state index in [4.69, 9.17) is 4.74 Å². The molecule has 3 atom stereocenters. The fraction of sp³-hybridized carbons (Fsp3) is 0.750. The van der Waals surface area contributed by atoms with Gasteiger partial charge >= 0.3 is 5.97 Å². The van der Waals surface area contributed by atoms with E-state index in [1.807, 2.05) is 12.2 Å². The first-order chi connectivity index (χ1) is 26.5. The van der Waals surface area contributed by atoms with Gasteiger partial charge in [-0.25, -0.2) is 0 Å². The first-order valence-corrected chi connectivity index (χ1v) is 22.6. The minimum Gasteiger partial charge on any atom is -0.462 e. The molecule has 6 nitrogen and oxygen atoms in total. The van der Waals surface area contributed by atoms with Crippen LogP contribution >= 0.6 is 0 Å². The smallest absolute Gasteiger partial charge is 0.306 e. The molecule has 0 fully saturated rings. The quantitative estimate of drug-likeness (QED) is 0.0330. The molecule has 0 saturated carbocycles. The summed E-state index contributed by atoms with van der Waals surface area (Å²) in [6, 6.07) is -0.714. The fourth-order valence-corrected chi connectivity index (χ4v) is 6.48. The summed E-state index contributed by atoms with van der Waals surface area (Å²) < 4.78 is 5.87. The number of nitrogens with one attached hydrogen (secondary N) is 1. The molecule has 0 rings (SSSR count). The van der Waals surface area contributed by atoms with E-state index in [0.29, 0.717) is 19.3 Å². The van der Waals surface area contributed by atoms with Gasteiger partial charge in [0.15, 0.2) is 0 Å². The molecular weight excluding hydrogens is 671 g/mol. The number of carbonyl (C=O) groups is 2. The van der Waals surface area contributed by atoms with Gasteiger partial charge < -0.3 is 20.3 Å². The van der Waals surface area contributed by atoms with Crippen LogP contribution in [0.3, 0.4) is 0 Å². The second kappa shape index (κ2) is 41.7. The number of aliphatic hydroxyl groups excluding tert-OH is 2. The van der Waals surface area contributed by atoms with E-state index >= 15 is 0 Å². The maximum atomic E-state index is 13.1. The number of esters is 1. The van der Waals surface area contributed by atoms with Crippen molar-refractivity contribution in [1.29, 1.82) is 0 Å². The number of amides is 1. The van der Waals surface area contributed by atoms with Gasteiger partial charge in [-0.3, -0.25) is 9.59 Å². The maximum absolute atomic E-state index is 13.1. The molecule has 0 aliphatic carbocycles. The summed E-state index contributed by atoms with van der Waals surface area (Å²) in [4.78, 5) is 25.9. The highest BCUT2D eigenvalue weighted by atomic mass is 16.5. The summed E-state index contributed by atoms with van der Waals surface area (Å²) >= 11 is 0. The lowest BCUT2D eigenvalue weighted by Gasteiger charge is -2.24. The standard InChI is InChI=1S/C48H85NO5/c1-4-7-10-13-16-19-21-22-23-24-26-29-32-35-38-41-48(53)54-44(39-36-33-30-28-25-20-17-14-11-8-5-2)42-47(52)49-45(43-50)46(51)40-37-34-31-27-18-15-12-9-6-3/h8,11,14,16-17,19-22,25,44-46,50-51H,4-7,9-10,12-13,15,18,23-24,26-43H2,1-3H3,(H,49,52)/b11-8+,17-14+,19-16+,22-21+,25-20-. The minimum absolute atomic E-state index is 0.0477. The number of hydrogen-bond donors (Lipinski definition) is 3. The van der Waals surface area contributed by atoms with Crippen LogP contribution in [0.4, 0.5) is 0 Å². The van der Waals surface area contributed by atoms with Crippen LogP contribution in [0, 0.1) is 0 Å². The molecule has 3 unspecified atom stereocenters. The SMILES string of the molecule is CC/C=C/C=C/C=C\CCCCCC(CC(=O)NC(CO)C(O)CCCCCCCCCCC)OC(=O)CCCCCCCC/C=C/C=C/CCCCC. The van der Waals surface area contributed by atoms with Crippen LogP contribution in [0.25, 0.3) is 0 Å². The highest BCUT2D eigenvalue weighted by molar-refractivity contribution is 5.77. The van der Waals surface area contributed by atoms with Crippen LogP contribution in [-0.2, 0) is 14.3 Å². The van der Waals surface area contributed by atoms with Crippen LogP contribution in [0.2, 0.25) is 0 Å². The molecule has 0 aromatic rings. The fourth-order valence-electron chi connectivity index (χ4n) is 6.48. The van der Waals surface area contributed by atoms with E-state index in [9.17, 15) is 19.8 Å². The molecule has 0 aromatic heterocycles. The monoisotopic (exact) mass is 756 g/mol. The van der Waals surface area contributed by atoms with Gasteiger partial charge in [0.2, 0.25) is 5.91 Å². The highest BCUT2D eigenvalue weighted by Gasteiger charge is 2.24. The Hall–Kier alpha value is -2.44. The Bertz CT molecular complexity index is 984. The van der Waals surface area contributed by atoms with Gasteiger partial charge in [-0.1, -0.05) is 184 Å². The lowest BCUT2D eigenvalue weighted by Crippen LogP contribution is -2.46. The summed E-state index contributed by atoms with van der Waals surface area (Å²) in [5, 5.41) is 23.5. The van der Waals surface area contributed by atoms with Gasteiger partial charge in [0.25, 0.3) is 0 Å². The number of hydrogen-bond acceptors (Lipinski definition) is 5. The van der Waals surface area contributed by atoms with Crippen LogP contribution in [-0.4, -0.2) is 46.9 Å². The van der Waals surface area contributed by atoms with E-state index in [0.717, 1.165) is 77.0 Å². The molecule has 0 heterocycles. The number of aliphatic hydroxyl groups is 2. The topological polar surface area (TPSA) is 95.9 Å². The number of allylic oxidation sites excluding steroid dienone is 10. The van der Waals surface area contributed by atoms with Gasteiger partial charge in [0.05, 0.1) is 25.2 Å². The number of carbonyl (C=O) groups excluding carboxylic acids is 2.